The summed E-state index contributed by atoms with van der Waals surface area (Å²) >= 11 is 9.16. The summed E-state index contributed by atoms with van der Waals surface area (Å²) in [5.41, 5.74) is 3.82. The first kappa shape index (κ1) is 16.2. The molecule has 19 heavy (non-hydrogen) atoms. The van der Waals surface area contributed by atoms with Crippen molar-refractivity contribution < 1.29 is 9.59 Å². The Bertz CT molecular complexity index is 489. The molecule has 0 saturated carbocycles. The number of aldehydes is 1. The highest BCUT2D eigenvalue weighted by Gasteiger charge is 2.20. The minimum Gasteiger partial charge on any atom is -0.304 e. The van der Waals surface area contributed by atoms with Crippen molar-refractivity contribution >= 4 is 45.4 Å². The number of amides is 1. The van der Waals surface area contributed by atoms with Gasteiger partial charge in [0.15, 0.2) is 0 Å². The maximum Gasteiger partial charge on any atom is 0.242 e. The SMILES string of the molecule is Cc1ccc(C(C)Br)c(C)c1N(CC=O)C(=O)CCl. The number of halogens is 2. The molecule has 1 unspecified atom stereocenters. The molecule has 1 atom stereocenters. The second kappa shape index (κ2) is 7.06. The first-order chi connectivity index (χ1) is 8.93. The van der Waals surface area contributed by atoms with Gasteiger partial charge in [-0.1, -0.05) is 28.1 Å². The first-order valence-electron chi connectivity index (χ1n) is 5.98. The fraction of sp³-hybridized carbons (Fsp3) is 0.429. The van der Waals surface area contributed by atoms with E-state index in [1.54, 1.807) is 0 Å². The summed E-state index contributed by atoms with van der Waals surface area (Å²) in [4.78, 5) is 24.3. The van der Waals surface area contributed by atoms with E-state index >= 15 is 0 Å². The molecule has 0 saturated heterocycles. The molecule has 0 aliphatic heterocycles. The number of alkyl halides is 2. The molecule has 1 amide bonds. The summed E-state index contributed by atoms with van der Waals surface area (Å²) < 4.78 is 0. The zero-order valence-corrected chi connectivity index (χ0v) is 13.6. The third kappa shape index (κ3) is 3.57. The van der Waals surface area contributed by atoms with E-state index in [1.807, 2.05) is 32.9 Å². The van der Waals surface area contributed by atoms with Crippen LogP contribution in [0.2, 0.25) is 0 Å². The van der Waals surface area contributed by atoms with E-state index in [4.69, 9.17) is 11.6 Å². The maximum atomic E-state index is 11.9. The van der Waals surface area contributed by atoms with E-state index in [0.29, 0.717) is 6.29 Å². The first-order valence-corrected chi connectivity index (χ1v) is 7.43. The van der Waals surface area contributed by atoms with Gasteiger partial charge in [0.1, 0.15) is 12.2 Å². The van der Waals surface area contributed by atoms with Crippen LogP contribution in [0.1, 0.15) is 28.4 Å². The fourth-order valence-corrected chi connectivity index (χ4v) is 2.80. The van der Waals surface area contributed by atoms with Crippen molar-refractivity contribution in [2.75, 3.05) is 17.3 Å². The third-order valence-corrected chi connectivity index (χ3v) is 3.77. The van der Waals surface area contributed by atoms with Gasteiger partial charge in [-0.25, -0.2) is 0 Å². The number of anilines is 1. The Hall–Kier alpha value is -0.870. The van der Waals surface area contributed by atoms with Crippen LogP contribution < -0.4 is 4.90 Å². The molecule has 1 aromatic rings. The summed E-state index contributed by atoms with van der Waals surface area (Å²) in [5, 5.41) is 0. The van der Waals surface area contributed by atoms with Crippen LogP contribution in [0.4, 0.5) is 5.69 Å². The third-order valence-electron chi connectivity index (χ3n) is 3.05. The van der Waals surface area contributed by atoms with Crippen LogP contribution in [0, 0.1) is 13.8 Å². The van der Waals surface area contributed by atoms with Gasteiger partial charge in [-0.15, -0.1) is 11.6 Å². The van der Waals surface area contributed by atoms with Crippen molar-refractivity contribution in [2.45, 2.75) is 25.6 Å². The van der Waals surface area contributed by atoms with Gasteiger partial charge in [-0.2, -0.15) is 0 Å². The lowest BCUT2D eigenvalue weighted by Gasteiger charge is -2.25. The largest absolute Gasteiger partial charge is 0.304 e. The van der Waals surface area contributed by atoms with Crippen molar-refractivity contribution in [1.82, 2.24) is 0 Å². The lowest BCUT2D eigenvalue weighted by Crippen LogP contribution is -2.34. The lowest BCUT2D eigenvalue weighted by atomic mass is 9.99. The number of carbonyl (C=O) groups is 2. The normalized spacial score (nSPS) is 12.1. The van der Waals surface area contributed by atoms with Crippen LogP contribution in [0.15, 0.2) is 12.1 Å². The Morgan fingerprint density at radius 1 is 1.47 bits per heavy atom. The van der Waals surface area contributed by atoms with Crippen LogP contribution >= 0.6 is 27.5 Å². The average Bonchev–Trinajstić information content (AvgIpc) is 2.36. The molecule has 0 fully saturated rings. The van der Waals surface area contributed by atoms with Crippen LogP contribution in [0.3, 0.4) is 0 Å². The molecule has 0 N–H and O–H groups in total. The van der Waals surface area contributed by atoms with Crippen LogP contribution in [-0.4, -0.2) is 24.6 Å². The molecular weight excluding hydrogens is 330 g/mol. The number of nitrogens with zero attached hydrogens (tertiary/aromatic N) is 1. The number of benzene rings is 1. The Labute approximate surface area is 127 Å². The molecule has 0 spiro atoms. The van der Waals surface area contributed by atoms with Gasteiger partial charge in [0.2, 0.25) is 5.91 Å². The van der Waals surface area contributed by atoms with Gasteiger partial charge < -0.3 is 9.69 Å². The standard InChI is InChI=1S/C14H17BrClNO2/c1-9-4-5-12(11(3)15)10(2)14(9)17(6-7-18)13(19)8-16/h4-5,7,11H,6,8H2,1-3H3. The van der Waals surface area contributed by atoms with Crippen molar-refractivity contribution in [3.8, 4) is 0 Å². The van der Waals surface area contributed by atoms with E-state index in [1.165, 1.54) is 4.90 Å². The molecule has 1 rings (SSSR count). The zero-order chi connectivity index (χ0) is 14.6. The molecule has 104 valence electrons. The van der Waals surface area contributed by atoms with Crippen molar-refractivity contribution in [3.63, 3.8) is 0 Å². The second-order valence-corrected chi connectivity index (χ2v) is 6.01. The van der Waals surface area contributed by atoms with Crippen molar-refractivity contribution in [1.29, 1.82) is 0 Å². The molecule has 0 radical (unpaired) electrons. The highest BCUT2D eigenvalue weighted by molar-refractivity contribution is 9.09. The Morgan fingerprint density at radius 2 is 2.11 bits per heavy atom. The van der Waals surface area contributed by atoms with E-state index in [0.717, 1.165) is 22.4 Å². The van der Waals surface area contributed by atoms with Crippen molar-refractivity contribution in [3.05, 3.63) is 28.8 Å². The summed E-state index contributed by atoms with van der Waals surface area (Å²) in [5.74, 6) is -0.403. The van der Waals surface area contributed by atoms with Gasteiger partial charge in [0.05, 0.1) is 12.2 Å². The van der Waals surface area contributed by atoms with Gasteiger partial charge >= 0.3 is 0 Å². The minimum atomic E-state index is -0.264. The number of hydrogen-bond acceptors (Lipinski definition) is 2. The minimum absolute atomic E-state index is 0.0212. The topological polar surface area (TPSA) is 37.4 Å². The molecule has 0 aromatic heterocycles. The van der Waals surface area contributed by atoms with E-state index < -0.39 is 0 Å². The number of aryl methyl sites for hydroxylation is 1. The average molecular weight is 347 g/mol. The molecule has 0 aliphatic rings. The van der Waals surface area contributed by atoms with Crippen LogP contribution in [0.25, 0.3) is 0 Å². The van der Waals surface area contributed by atoms with E-state index in [2.05, 4.69) is 15.9 Å². The summed E-state index contributed by atoms with van der Waals surface area (Å²) in [6, 6.07) is 3.98. The van der Waals surface area contributed by atoms with Gasteiger partial charge in [0, 0.05) is 4.83 Å². The Morgan fingerprint density at radius 3 is 2.58 bits per heavy atom. The van der Waals surface area contributed by atoms with Crippen molar-refractivity contribution in [2.24, 2.45) is 0 Å². The molecule has 0 bridgehead atoms. The predicted octanol–water partition coefficient (Wildman–Crippen LogP) is 3.53. The molecular formula is C14H17BrClNO2. The summed E-state index contributed by atoms with van der Waals surface area (Å²) in [6.07, 6.45) is 0.716. The molecule has 0 aliphatic carbocycles. The lowest BCUT2D eigenvalue weighted by molar-refractivity contribution is -0.117. The van der Waals surface area contributed by atoms with Crippen LogP contribution in [0.5, 0.6) is 0 Å². The Balaban J connectivity index is 3.40. The zero-order valence-electron chi connectivity index (χ0n) is 11.2. The molecule has 0 heterocycles. The number of carbonyl (C=O) groups excluding carboxylic acids is 2. The maximum absolute atomic E-state index is 11.9. The molecule has 1 aromatic carbocycles. The van der Waals surface area contributed by atoms with Gasteiger partial charge in [-0.3, -0.25) is 4.79 Å². The number of rotatable bonds is 5. The second-order valence-electron chi connectivity index (χ2n) is 4.37. The fourth-order valence-electron chi connectivity index (χ4n) is 2.16. The van der Waals surface area contributed by atoms with E-state index in [9.17, 15) is 9.59 Å². The highest BCUT2D eigenvalue weighted by atomic mass is 79.9. The van der Waals surface area contributed by atoms with Crippen LogP contribution in [-0.2, 0) is 9.59 Å². The van der Waals surface area contributed by atoms with E-state index in [-0.39, 0.29) is 23.2 Å². The molecule has 3 nitrogen and oxygen atoms in total. The smallest absolute Gasteiger partial charge is 0.242 e. The summed E-state index contributed by atoms with van der Waals surface area (Å²) in [6.45, 7) is 5.92. The highest BCUT2D eigenvalue weighted by Crippen LogP contribution is 2.33. The van der Waals surface area contributed by atoms with Gasteiger partial charge in [0.25, 0.3) is 0 Å². The molecule has 5 heteroatoms. The number of hydrogen-bond donors (Lipinski definition) is 0. The monoisotopic (exact) mass is 345 g/mol. The summed E-state index contributed by atoms with van der Waals surface area (Å²) in [7, 11) is 0. The quantitative estimate of drug-likeness (QED) is 0.604. The Kier molecular flexibility index (Phi) is 6.01. The predicted molar refractivity (Wildman–Crippen MR) is 82.4 cm³/mol. The van der Waals surface area contributed by atoms with Gasteiger partial charge in [-0.05, 0) is 37.5 Å².